The number of rotatable bonds is 7. The fourth-order valence-corrected chi connectivity index (χ4v) is 1.11. The van der Waals surface area contributed by atoms with Gasteiger partial charge in [-0.25, -0.2) is 0 Å². The van der Waals surface area contributed by atoms with Crippen molar-refractivity contribution in [2.75, 3.05) is 13.1 Å². The topological polar surface area (TPSA) is 69.6 Å². The molecule has 0 heterocycles. The minimum Gasteiger partial charge on any atom is -0.481 e. The normalized spacial score (nSPS) is 15.8. The highest BCUT2D eigenvalue weighted by atomic mass is 19.4. The van der Waals surface area contributed by atoms with E-state index in [9.17, 15) is 18.0 Å². The van der Waals surface area contributed by atoms with Gasteiger partial charge in [-0.1, -0.05) is 0 Å². The first kappa shape index (κ1) is 15.2. The minimum atomic E-state index is -4.73. The summed E-state index contributed by atoms with van der Waals surface area (Å²) in [5, 5.41) is 19.6. The van der Waals surface area contributed by atoms with Gasteiger partial charge in [0, 0.05) is 6.54 Å². The molecule has 0 spiro atoms. The van der Waals surface area contributed by atoms with E-state index in [1.165, 1.54) is 0 Å². The van der Waals surface area contributed by atoms with Gasteiger partial charge in [0.1, 0.15) is 0 Å². The molecule has 0 bridgehead atoms. The number of carbonyl (C=O) groups is 1. The predicted molar refractivity (Wildman–Crippen MR) is 51.0 cm³/mol. The van der Waals surface area contributed by atoms with Crippen LogP contribution in [0.2, 0.25) is 0 Å². The molecule has 0 aromatic rings. The number of alkyl halides is 3. The number of hydrogen-bond donors (Lipinski definition) is 3. The molecular weight excluding hydrogens is 227 g/mol. The fourth-order valence-electron chi connectivity index (χ4n) is 1.11. The van der Waals surface area contributed by atoms with Crippen LogP contribution in [0.15, 0.2) is 0 Å². The van der Waals surface area contributed by atoms with E-state index in [0.29, 0.717) is 12.8 Å². The molecule has 0 amide bonds. The van der Waals surface area contributed by atoms with Crippen molar-refractivity contribution in [1.29, 1.82) is 0 Å². The lowest BCUT2D eigenvalue weighted by molar-refractivity contribution is -0.192. The van der Waals surface area contributed by atoms with Crippen LogP contribution in [0, 0.1) is 5.92 Å². The Morgan fingerprint density at radius 3 is 2.38 bits per heavy atom. The molecule has 0 aromatic carbocycles. The maximum atomic E-state index is 12.1. The molecule has 16 heavy (non-hydrogen) atoms. The van der Waals surface area contributed by atoms with Gasteiger partial charge in [-0.05, 0) is 26.3 Å². The van der Waals surface area contributed by atoms with Gasteiger partial charge in [0.05, 0.1) is 6.10 Å². The molecule has 0 fully saturated rings. The zero-order valence-corrected chi connectivity index (χ0v) is 8.92. The molecule has 7 heteroatoms. The Labute approximate surface area is 91.5 Å². The van der Waals surface area contributed by atoms with E-state index in [-0.39, 0.29) is 6.54 Å². The summed E-state index contributed by atoms with van der Waals surface area (Å²) in [6, 6.07) is 0. The molecule has 0 rings (SSSR count). The van der Waals surface area contributed by atoms with Crippen molar-refractivity contribution < 1.29 is 28.2 Å². The van der Waals surface area contributed by atoms with Gasteiger partial charge >= 0.3 is 12.1 Å². The Morgan fingerprint density at radius 2 is 2.00 bits per heavy atom. The minimum absolute atomic E-state index is 0.255. The third kappa shape index (κ3) is 6.62. The second kappa shape index (κ2) is 6.70. The molecule has 0 aliphatic heterocycles. The van der Waals surface area contributed by atoms with E-state index in [4.69, 9.17) is 10.2 Å². The third-order valence-corrected chi connectivity index (χ3v) is 2.02. The molecule has 0 aromatic heterocycles. The van der Waals surface area contributed by atoms with Crippen LogP contribution in [0.3, 0.4) is 0 Å². The Hall–Kier alpha value is -0.820. The maximum absolute atomic E-state index is 12.1. The van der Waals surface area contributed by atoms with Crippen molar-refractivity contribution in [3.05, 3.63) is 0 Å². The highest BCUT2D eigenvalue weighted by Gasteiger charge is 2.44. The Balaban J connectivity index is 3.83. The lowest BCUT2D eigenvalue weighted by Gasteiger charge is -2.16. The summed E-state index contributed by atoms with van der Waals surface area (Å²) < 4.78 is 36.4. The molecule has 0 aliphatic carbocycles. The van der Waals surface area contributed by atoms with Gasteiger partial charge in [0.2, 0.25) is 0 Å². The highest BCUT2D eigenvalue weighted by molar-refractivity contribution is 5.71. The maximum Gasteiger partial charge on any atom is 0.403 e. The smallest absolute Gasteiger partial charge is 0.403 e. The van der Waals surface area contributed by atoms with E-state index in [1.807, 2.05) is 0 Å². The Bertz CT molecular complexity index is 219. The monoisotopic (exact) mass is 243 g/mol. The van der Waals surface area contributed by atoms with Crippen molar-refractivity contribution in [1.82, 2.24) is 5.32 Å². The van der Waals surface area contributed by atoms with Crippen molar-refractivity contribution in [3.8, 4) is 0 Å². The molecule has 2 atom stereocenters. The summed E-state index contributed by atoms with van der Waals surface area (Å²) in [6.45, 7) is 1.19. The summed E-state index contributed by atoms with van der Waals surface area (Å²) in [4.78, 5) is 10.3. The number of aliphatic carboxylic acids is 1. The average molecular weight is 243 g/mol. The zero-order valence-electron chi connectivity index (χ0n) is 8.92. The second-order valence-corrected chi connectivity index (χ2v) is 3.63. The Kier molecular flexibility index (Phi) is 6.35. The molecule has 0 radical (unpaired) electrons. The highest BCUT2D eigenvalue weighted by Crippen LogP contribution is 2.25. The van der Waals surface area contributed by atoms with Crippen LogP contribution in [-0.4, -0.2) is 41.6 Å². The molecule has 96 valence electrons. The molecule has 2 unspecified atom stereocenters. The second-order valence-electron chi connectivity index (χ2n) is 3.63. The van der Waals surface area contributed by atoms with Crippen LogP contribution in [0.5, 0.6) is 0 Å². The van der Waals surface area contributed by atoms with Crippen LogP contribution in [0.25, 0.3) is 0 Å². The lowest BCUT2D eigenvalue weighted by Crippen LogP contribution is -2.39. The molecule has 0 aliphatic rings. The molecule has 0 saturated carbocycles. The van der Waals surface area contributed by atoms with Crippen LogP contribution < -0.4 is 5.32 Å². The zero-order chi connectivity index (χ0) is 12.8. The number of nitrogens with one attached hydrogen (secondary N) is 1. The van der Waals surface area contributed by atoms with Gasteiger partial charge in [-0.2, -0.15) is 13.2 Å². The summed E-state index contributed by atoms with van der Waals surface area (Å²) in [5.41, 5.74) is 0. The van der Waals surface area contributed by atoms with Crippen molar-refractivity contribution in [3.63, 3.8) is 0 Å². The van der Waals surface area contributed by atoms with Crippen molar-refractivity contribution in [2.24, 2.45) is 5.92 Å². The predicted octanol–water partition coefficient (Wildman–Crippen LogP) is 1.00. The van der Waals surface area contributed by atoms with Crippen LogP contribution in [0.4, 0.5) is 13.2 Å². The van der Waals surface area contributed by atoms with E-state index in [1.54, 1.807) is 6.92 Å². The van der Waals surface area contributed by atoms with E-state index in [2.05, 4.69) is 5.32 Å². The summed E-state index contributed by atoms with van der Waals surface area (Å²) >= 11 is 0. The first-order valence-corrected chi connectivity index (χ1v) is 4.93. The van der Waals surface area contributed by atoms with Gasteiger partial charge in [-0.3, -0.25) is 4.79 Å². The SMILES string of the molecule is CC(O)CCCNCC(C(=O)O)C(F)(F)F. The van der Waals surface area contributed by atoms with Gasteiger partial charge in [0.25, 0.3) is 0 Å². The number of hydrogen-bond acceptors (Lipinski definition) is 3. The van der Waals surface area contributed by atoms with Gasteiger partial charge in [-0.15, -0.1) is 0 Å². The number of halogens is 3. The van der Waals surface area contributed by atoms with E-state index in [0.717, 1.165) is 0 Å². The van der Waals surface area contributed by atoms with Crippen LogP contribution in [-0.2, 0) is 4.79 Å². The number of carboxylic acid groups (broad SMARTS) is 1. The summed E-state index contributed by atoms with van der Waals surface area (Å²) in [5.74, 6) is -4.26. The number of aliphatic hydroxyl groups excluding tert-OH is 1. The number of carboxylic acids is 1. The van der Waals surface area contributed by atoms with E-state index < -0.39 is 30.7 Å². The van der Waals surface area contributed by atoms with Crippen LogP contribution in [0.1, 0.15) is 19.8 Å². The Morgan fingerprint density at radius 1 is 1.44 bits per heavy atom. The summed E-state index contributed by atoms with van der Waals surface area (Å²) in [7, 11) is 0. The third-order valence-electron chi connectivity index (χ3n) is 2.02. The molecular formula is C9H16F3NO3. The average Bonchev–Trinajstić information content (AvgIpc) is 2.07. The van der Waals surface area contributed by atoms with Gasteiger partial charge < -0.3 is 15.5 Å². The standard InChI is InChI=1S/C9H16F3NO3/c1-6(14)3-2-4-13-5-7(8(15)16)9(10,11)12/h6-7,13-14H,2-5H2,1H3,(H,15,16). The quantitative estimate of drug-likeness (QED) is 0.583. The largest absolute Gasteiger partial charge is 0.481 e. The summed E-state index contributed by atoms with van der Waals surface area (Å²) in [6.07, 6.45) is -4.26. The van der Waals surface area contributed by atoms with Crippen molar-refractivity contribution in [2.45, 2.75) is 32.0 Å². The number of aliphatic hydroxyl groups is 1. The molecule has 0 saturated heterocycles. The van der Waals surface area contributed by atoms with Gasteiger partial charge in [0.15, 0.2) is 5.92 Å². The molecule has 3 N–H and O–H groups in total. The fraction of sp³-hybridized carbons (Fsp3) is 0.889. The van der Waals surface area contributed by atoms with E-state index >= 15 is 0 Å². The van der Waals surface area contributed by atoms with Crippen LogP contribution >= 0.6 is 0 Å². The molecule has 4 nitrogen and oxygen atoms in total. The first-order valence-electron chi connectivity index (χ1n) is 4.93. The van der Waals surface area contributed by atoms with Crippen molar-refractivity contribution >= 4 is 5.97 Å². The lowest BCUT2D eigenvalue weighted by atomic mass is 10.1. The first-order chi connectivity index (χ1) is 7.25.